The molecule has 0 atom stereocenters. The van der Waals surface area contributed by atoms with Crippen LogP contribution in [0.3, 0.4) is 0 Å². The predicted molar refractivity (Wildman–Crippen MR) is 116 cm³/mol. The average Bonchev–Trinajstić information content (AvgIpc) is 3.05. The van der Waals surface area contributed by atoms with Crippen molar-refractivity contribution in [3.63, 3.8) is 0 Å². The molecule has 1 aliphatic carbocycles. The van der Waals surface area contributed by atoms with Crippen molar-refractivity contribution in [1.82, 2.24) is 14.4 Å². The van der Waals surface area contributed by atoms with Crippen molar-refractivity contribution < 1.29 is 0 Å². The van der Waals surface area contributed by atoms with Crippen molar-refractivity contribution in [2.45, 2.75) is 38.9 Å². The Balaban J connectivity index is 1.24. The van der Waals surface area contributed by atoms with Gasteiger partial charge in [0, 0.05) is 43.3 Å². The summed E-state index contributed by atoms with van der Waals surface area (Å²) in [4.78, 5) is 19.0. The average molecular weight is 394 g/mol. The number of thiazole rings is 1. The molecule has 0 spiro atoms. The van der Waals surface area contributed by atoms with Crippen LogP contribution in [0.2, 0.25) is 0 Å². The van der Waals surface area contributed by atoms with Gasteiger partial charge in [-0.1, -0.05) is 53.8 Å². The highest BCUT2D eigenvalue weighted by atomic mass is 32.1. The molecular formula is C23H27N3OS. The van der Waals surface area contributed by atoms with E-state index in [9.17, 15) is 4.79 Å². The van der Waals surface area contributed by atoms with Crippen LogP contribution >= 0.6 is 11.3 Å². The third-order valence-electron chi connectivity index (χ3n) is 6.23. The fourth-order valence-electron chi connectivity index (χ4n) is 4.63. The third kappa shape index (κ3) is 3.54. The molecule has 0 amide bonds. The van der Waals surface area contributed by atoms with E-state index in [2.05, 4.69) is 56.8 Å². The summed E-state index contributed by atoms with van der Waals surface area (Å²) in [6, 6.07) is 15.3. The maximum Gasteiger partial charge on any atom is 0.308 e. The monoisotopic (exact) mass is 393 g/mol. The van der Waals surface area contributed by atoms with E-state index in [1.54, 1.807) is 0 Å². The summed E-state index contributed by atoms with van der Waals surface area (Å²) in [5.41, 5.74) is 2.73. The molecule has 5 heteroatoms. The highest BCUT2D eigenvalue weighted by Crippen LogP contribution is 2.24. The lowest BCUT2D eigenvalue weighted by molar-refractivity contribution is 0.101. The Kier molecular flexibility index (Phi) is 5.05. The second kappa shape index (κ2) is 7.82. The van der Waals surface area contributed by atoms with Gasteiger partial charge in [0.1, 0.15) is 0 Å². The standard InChI is InChI=1S/C23H27N3OS/c27-23-26(21-10-3-4-11-22(21)28-23)17-25-14-12-24(13-15-25)16-19-8-5-7-18-6-1-2-9-20(18)19/h1-2,5-9H,3-4,10-17H2. The maximum absolute atomic E-state index is 12.5. The van der Waals surface area contributed by atoms with E-state index < -0.39 is 0 Å². The summed E-state index contributed by atoms with van der Waals surface area (Å²) in [6.07, 6.45) is 4.64. The molecule has 5 rings (SSSR count). The first-order chi connectivity index (χ1) is 13.8. The number of nitrogens with zero attached hydrogens (tertiary/aromatic N) is 3. The minimum absolute atomic E-state index is 0.241. The summed E-state index contributed by atoms with van der Waals surface area (Å²) in [7, 11) is 0. The molecule has 3 aromatic rings. The molecule has 0 radical (unpaired) electrons. The van der Waals surface area contributed by atoms with Gasteiger partial charge in [0.25, 0.3) is 0 Å². The summed E-state index contributed by atoms with van der Waals surface area (Å²) in [6.45, 7) is 5.95. The van der Waals surface area contributed by atoms with Crippen molar-refractivity contribution in [3.05, 3.63) is 68.3 Å². The molecule has 0 saturated carbocycles. The predicted octanol–water partition coefficient (Wildman–Crippen LogP) is 3.72. The number of aromatic nitrogens is 1. The molecule has 1 aromatic heterocycles. The molecule has 1 fully saturated rings. The van der Waals surface area contributed by atoms with E-state index in [1.165, 1.54) is 51.1 Å². The number of piperazine rings is 1. The third-order valence-corrected chi connectivity index (χ3v) is 7.31. The van der Waals surface area contributed by atoms with Crippen LogP contribution < -0.4 is 4.87 Å². The van der Waals surface area contributed by atoms with Gasteiger partial charge in [-0.15, -0.1) is 0 Å². The summed E-state index contributed by atoms with van der Waals surface area (Å²) in [5.74, 6) is 0. The van der Waals surface area contributed by atoms with Gasteiger partial charge in [-0.25, -0.2) is 0 Å². The van der Waals surface area contributed by atoms with Crippen LogP contribution in [-0.4, -0.2) is 40.5 Å². The van der Waals surface area contributed by atoms with Crippen LogP contribution in [0.25, 0.3) is 10.8 Å². The van der Waals surface area contributed by atoms with Crippen LogP contribution in [0.15, 0.2) is 47.3 Å². The van der Waals surface area contributed by atoms with Crippen LogP contribution in [0, 0.1) is 0 Å². The van der Waals surface area contributed by atoms with E-state index in [4.69, 9.17) is 0 Å². The molecule has 1 saturated heterocycles. The molecule has 2 aliphatic rings. The Morgan fingerprint density at radius 2 is 1.61 bits per heavy atom. The Hall–Kier alpha value is -1.95. The molecule has 0 bridgehead atoms. The topological polar surface area (TPSA) is 28.5 Å². The number of fused-ring (bicyclic) bond motifs is 2. The number of rotatable bonds is 4. The van der Waals surface area contributed by atoms with Crippen molar-refractivity contribution in [2.75, 3.05) is 26.2 Å². The molecule has 1 aliphatic heterocycles. The highest BCUT2D eigenvalue weighted by Gasteiger charge is 2.22. The summed E-state index contributed by atoms with van der Waals surface area (Å²) >= 11 is 1.48. The van der Waals surface area contributed by atoms with Gasteiger partial charge >= 0.3 is 4.87 Å². The lowest BCUT2D eigenvalue weighted by Crippen LogP contribution is -2.47. The fraction of sp³-hybridized carbons (Fsp3) is 0.435. The van der Waals surface area contributed by atoms with Gasteiger partial charge < -0.3 is 0 Å². The quantitative estimate of drug-likeness (QED) is 0.676. The lowest BCUT2D eigenvalue weighted by Gasteiger charge is -2.35. The van der Waals surface area contributed by atoms with Crippen molar-refractivity contribution in [2.24, 2.45) is 0 Å². The van der Waals surface area contributed by atoms with E-state index in [0.717, 1.165) is 52.2 Å². The van der Waals surface area contributed by atoms with Crippen LogP contribution in [0.1, 0.15) is 29.0 Å². The first kappa shape index (κ1) is 18.1. The second-order valence-electron chi connectivity index (χ2n) is 8.05. The molecule has 28 heavy (non-hydrogen) atoms. The van der Waals surface area contributed by atoms with Crippen molar-refractivity contribution >= 4 is 22.1 Å². The smallest absolute Gasteiger partial charge is 0.297 e. The van der Waals surface area contributed by atoms with Crippen LogP contribution in [0.5, 0.6) is 0 Å². The van der Waals surface area contributed by atoms with E-state index >= 15 is 0 Å². The van der Waals surface area contributed by atoms with Gasteiger partial charge in [0.2, 0.25) is 0 Å². The van der Waals surface area contributed by atoms with E-state index in [1.807, 2.05) is 0 Å². The van der Waals surface area contributed by atoms with Gasteiger partial charge in [0.05, 0.1) is 6.67 Å². The minimum Gasteiger partial charge on any atom is -0.297 e. The number of benzene rings is 2. The van der Waals surface area contributed by atoms with Crippen LogP contribution in [0.4, 0.5) is 0 Å². The normalized spacial score (nSPS) is 18.4. The maximum atomic E-state index is 12.5. The van der Waals surface area contributed by atoms with Gasteiger partial charge in [0.15, 0.2) is 0 Å². The molecule has 0 N–H and O–H groups in total. The molecule has 0 unspecified atom stereocenters. The fourth-order valence-corrected chi connectivity index (χ4v) is 5.70. The first-order valence-corrected chi connectivity index (χ1v) is 11.2. The second-order valence-corrected chi connectivity index (χ2v) is 9.09. The van der Waals surface area contributed by atoms with E-state index in [0.29, 0.717) is 0 Å². The highest BCUT2D eigenvalue weighted by molar-refractivity contribution is 7.09. The zero-order chi connectivity index (χ0) is 18.9. The van der Waals surface area contributed by atoms with Gasteiger partial charge in [-0.3, -0.25) is 19.2 Å². The molecular weight excluding hydrogens is 366 g/mol. The lowest BCUT2D eigenvalue weighted by atomic mass is 10.0. The molecule has 2 heterocycles. The Morgan fingerprint density at radius 3 is 2.50 bits per heavy atom. The zero-order valence-corrected chi connectivity index (χ0v) is 17.1. The number of hydrogen-bond acceptors (Lipinski definition) is 4. The van der Waals surface area contributed by atoms with Crippen molar-refractivity contribution in [1.29, 1.82) is 0 Å². The Bertz CT molecular complexity index is 1020. The number of hydrogen-bond donors (Lipinski definition) is 0. The minimum atomic E-state index is 0.241. The van der Waals surface area contributed by atoms with Gasteiger partial charge in [-0.2, -0.15) is 0 Å². The van der Waals surface area contributed by atoms with Gasteiger partial charge in [-0.05, 0) is 42.0 Å². The summed E-state index contributed by atoms with van der Waals surface area (Å²) < 4.78 is 2.06. The summed E-state index contributed by atoms with van der Waals surface area (Å²) in [5, 5.41) is 2.68. The first-order valence-electron chi connectivity index (χ1n) is 10.4. The van der Waals surface area contributed by atoms with Crippen molar-refractivity contribution in [3.8, 4) is 0 Å². The molecule has 2 aromatic carbocycles. The number of aryl methyl sites for hydroxylation is 1. The Labute approximate surface area is 170 Å². The largest absolute Gasteiger partial charge is 0.308 e. The van der Waals surface area contributed by atoms with Crippen LogP contribution in [-0.2, 0) is 26.1 Å². The Morgan fingerprint density at radius 1 is 0.857 bits per heavy atom. The van der Waals surface area contributed by atoms with E-state index in [-0.39, 0.29) is 4.87 Å². The SMILES string of the molecule is O=c1sc2c(n1CN1CCN(Cc3cccc4ccccc34)CC1)CCCC2. The zero-order valence-electron chi connectivity index (χ0n) is 16.3. The molecule has 146 valence electrons. The molecule has 4 nitrogen and oxygen atoms in total.